The van der Waals surface area contributed by atoms with Crippen LogP contribution in [0.2, 0.25) is 0 Å². The Balaban J connectivity index is 2.55. The van der Waals surface area contributed by atoms with Crippen LogP contribution in [0.25, 0.3) is 10.9 Å². The minimum absolute atomic E-state index is 0.0301. The molecule has 0 spiro atoms. The lowest BCUT2D eigenvalue weighted by Gasteiger charge is -1.90. The summed E-state index contributed by atoms with van der Waals surface area (Å²) in [6, 6.07) is 5.42. The van der Waals surface area contributed by atoms with Gasteiger partial charge in [0.05, 0.1) is 5.52 Å². The van der Waals surface area contributed by atoms with Gasteiger partial charge in [-0.15, -0.1) is 10.2 Å². The predicted octanol–water partition coefficient (Wildman–Crippen LogP) is 2.96. The molecule has 0 bridgehead atoms. The molecule has 1 heterocycles. The number of aromatic nitrogens is 1. The van der Waals surface area contributed by atoms with Crippen LogP contribution >= 0.6 is 28.1 Å². The second-order valence-corrected chi connectivity index (χ2v) is 4.38. The number of halogens is 1. The Kier molecular flexibility index (Phi) is 2.88. The molecule has 5 nitrogen and oxygen atoms in total. The van der Waals surface area contributed by atoms with Crippen LogP contribution in [0.15, 0.2) is 32.9 Å². The number of nitrogens with two attached hydrogens (primary N) is 1. The zero-order chi connectivity index (χ0) is 11.7. The van der Waals surface area contributed by atoms with Crippen molar-refractivity contribution in [3.05, 3.63) is 22.7 Å². The lowest BCUT2D eigenvalue weighted by atomic mass is 10.2. The van der Waals surface area contributed by atoms with Crippen molar-refractivity contribution in [2.24, 2.45) is 16.0 Å². The third kappa shape index (κ3) is 2.05. The Morgan fingerprint density at radius 1 is 1.50 bits per heavy atom. The first-order valence-corrected chi connectivity index (χ1v) is 5.49. The molecule has 0 radical (unpaired) electrons. The average molecular weight is 299 g/mol. The van der Waals surface area contributed by atoms with Gasteiger partial charge in [0.1, 0.15) is 0 Å². The standard InChI is InChI=1S/C9H7BrN4OS/c10-4-1-2-5-6(3-4)12-8(7(5)15)13-14-9(11)16/h1-3,12,15H,(H2,11,16). The molecule has 0 atom stereocenters. The van der Waals surface area contributed by atoms with Crippen LogP contribution in [0, 0.1) is 0 Å². The number of fused-ring (bicyclic) bond motifs is 1. The molecule has 82 valence electrons. The van der Waals surface area contributed by atoms with Gasteiger partial charge in [0.2, 0.25) is 5.11 Å². The van der Waals surface area contributed by atoms with Gasteiger partial charge in [-0.05, 0) is 30.4 Å². The van der Waals surface area contributed by atoms with Gasteiger partial charge >= 0.3 is 0 Å². The Morgan fingerprint density at radius 2 is 2.25 bits per heavy atom. The van der Waals surface area contributed by atoms with Crippen molar-refractivity contribution < 1.29 is 5.11 Å². The maximum absolute atomic E-state index is 9.81. The summed E-state index contributed by atoms with van der Waals surface area (Å²) in [5.41, 5.74) is 5.93. The summed E-state index contributed by atoms with van der Waals surface area (Å²) in [6.07, 6.45) is 0. The van der Waals surface area contributed by atoms with Crippen LogP contribution in [0.3, 0.4) is 0 Å². The number of aromatic hydroxyl groups is 1. The maximum atomic E-state index is 9.81. The van der Waals surface area contributed by atoms with E-state index in [-0.39, 0.29) is 16.7 Å². The van der Waals surface area contributed by atoms with Crippen molar-refractivity contribution in [3.63, 3.8) is 0 Å². The lowest BCUT2D eigenvalue weighted by Crippen LogP contribution is -2.01. The largest absolute Gasteiger partial charge is 0.504 e. The minimum Gasteiger partial charge on any atom is -0.504 e. The number of rotatable bonds is 1. The summed E-state index contributed by atoms with van der Waals surface area (Å²) in [5, 5.41) is 17.6. The van der Waals surface area contributed by atoms with Crippen LogP contribution < -0.4 is 5.73 Å². The highest BCUT2D eigenvalue weighted by atomic mass is 79.9. The summed E-state index contributed by atoms with van der Waals surface area (Å²) in [6.45, 7) is 0. The Morgan fingerprint density at radius 3 is 2.94 bits per heavy atom. The fourth-order valence-corrected chi connectivity index (χ4v) is 1.71. The van der Waals surface area contributed by atoms with Gasteiger partial charge in [0.25, 0.3) is 0 Å². The van der Waals surface area contributed by atoms with Crippen LogP contribution in [-0.4, -0.2) is 15.2 Å². The van der Waals surface area contributed by atoms with Crippen molar-refractivity contribution in [3.8, 4) is 5.75 Å². The van der Waals surface area contributed by atoms with E-state index in [0.717, 1.165) is 9.99 Å². The molecule has 0 saturated heterocycles. The van der Waals surface area contributed by atoms with E-state index in [4.69, 9.17) is 5.73 Å². The highest BCUT2D eigenvalue weighted by Gasteiger charge is 2.09. The zero-order valence-corrected chi connectivity index (χ0v) is 10.3. The molecule has 4 N–H and O–H groups in total. The van der Waals surface area contributed by atoms with Gasteiger partial charge < -0.3 is 15.8 Å². The van der Waals surface area contributed by atoms with Crippen LogP contribution in [0.4, 0.5) is 5.82 Å². The van der Waals surface area contributed by atoms with E-state index in [1.54, 1.807) is 6.07 Å². The molecule has 0 amide bonds. The van der Waals surface area contributed by atoms with E-state index < -0.39 is 0 Å². The van der Waals surface area contributed by atoms with E-state index in [2.05, 4.69) is 43.4 Å². The van der Waals surface area contributed by atoms with Gasteiger partial charge in [-0.1, -0.05) is 15.9 Å². The number of azo groups is 1. The van der Waals surface area contributed by atoms with Crippen molar-refractivity contribution in [2.45, 2.75) is 0 Å². The number of thiocarbonyl (C=S) groups is 1. The van der Waals surface area contributed by atoms with Gasteiger partial charge in [0.15, 0.2) is 11.6 Å². The summed E-state index contributed by atoms with van der Waals surface area (Å²) in [7, 11) is 0. The summed E-state index contributed by atoms with van der Waals surface area (Å²) >= 11 is 7.89. The fraction of sp³-hybridized carbons (Fsp3) is 0. The van der Waals surface area contributed by atoms with Crippen molar-refractivity contribution in [1.82, 2.24) is 4.98 Å². The van der Waals surface area contributed by atoms with Gasteiger partial charge in [-0.2, -0.15) is 0 Å². The molecular formula is C9H7BrN4OS. The molecule has 1 aromatic carbocycles. The maximum Gasteiger partial charge on any atom is 0.211 e. The highest BCUT2D eigenvalue weighted by Crippen LogP contribution is 2.35. The predicted molar refractivity (Wildman–Crippen MR) is 69.0 cm³/mol. The number of hydrogen-bond acceptors (Lipinski definition) is 3. The quantitative estimate of drug-likeness (QED) is 0.559. The second-order valence-electron chi connectivity index (χ2n) is 3.05. The van der Waals surface area contributed by atoms with Crippen LogP contribution in [0.5, 0.6) is 5.75 Å². The van der Waals surface area contributed by atoms with Gasteiger partial charge in [0, 0.05) is 9.86 Å². The molecule has 0 aliphatic rings. The molecule has 16 heavy (non-hydrogen) atoms. The lowest BCUT2D eigenvalue weighted by molar-refractivity contribution is 0.482. The SMILES string of the molecule is NC(=S)N=Nc1[nH]c2cc(Br)ccc2c1O. The van der Waals surface area contributed by atoms with Crippen LogP contribution in [0.1, 0.15) is 0 Å². The first-order chi connectivity index (χ1) is 7.58. The second kappa shape index (κ2) is 4.18. The Hall–Kier alpha value is -1.47. The average Bonchev–Trinajstić information content (AvgIpc) is 2.52. The summed E-state index contributed by atoms with van der Waals surface area (Å²) in [5.74, 6) is 0.267. The number of H-pyrrole nitrogens is 1. The molecule has 0 fully saturated rings. The first kappa shape index (κ1) is 11.0. The zero-order valence-electron chi connectivity index (χ0n) is 7.94. The fourth-order valence-electron chi connectivity index (χ4n) is 1.31. The minimum atomic E-state index is -0.0840. The smallest absolute Gasteiger partial charge is 0.211 e. The molecule has 0 saturated carbocycles. The monoisotopic (exact) mass is 298 g/mol. The molecule has 1 aromatic heterocycles. The summed E-state index contributed by atoms with van der Waals surface area (Å²) < 4.78 is 0.902. The topological polar surface area (TPSA) is 86.8 Å². The van der Waals surface area contributed by atoms with E-state index in [9.17, 15) is 5.11 Å². The molecule has 7 heteroatoms. The van der Waals surface area contributed by atoms with E-state index in [1.807, 2.05) is 12.1 Å². The number of nitrogens with zero attached hydrogens (tertiary/aromatic N) is 2. The Bertz CT molecular complexity index is 592. The molecule has 0 unspecified atom stereocenters. The van der Waals surface area contributed by atoms with Crippen molar-refractivity contribution in [1.29, 1.82) is 0 Å². The number of aromatic amines is 1. The van der Waals surface area contributed by atoms with Gasteiger partial charge in [-0.25, -0.2) is 0 Å². The molecule has 0 aliphatic heterocycles. The van der Waals surface area contributed by atoms with Crippen molar-refractivity contribution in [2.75, 3.05) is 0 Å². The first-order valence-electron chi connectivity index (χ1n) is 4.29. The highest BCUT2D eigenvalue weighted by molar-refractivity contribution is 9.10. The molecular weight excluding hydrogens is 292 g/mol. The van der Waals surface area contributed by atoms with E-state index in [0.29, 0.717) is 5.39 Å². The Labute approximate surface area is 104 Å². The molecule has 2 aromatic rings. The van der Waals surface area contributed by atoms with E-state index in [1.165, 1.54) is 0 Å². The van der Waals surface area contributed by atoms with Crippen LogP contribution in [-0.2, 0) is 0 Å². The van der Waals surface area contributed by atoms with Gasteiger partial charge in [-0.3, -0.25) is 0 Å². The van der Waals surface area contributed by atoms with E-state index >= 15 is 0 Å². The number of nitrogens with one attached hydrogen (secondary N) is 1. The number of hydrogen-bond donors (Lipinski definition) is 3. The van der Waals surface area contributed by atoms with Crippen molar-refractivity contribution >= 4 is 50.0 Å². The molecule has 2 rings (SSSR count). The molecule has 0 aliphatic carbocycles. The summed E-state index contributed by atoms with van der Waals surface area (Å²) in [4.78, 5) is 2.90. The third-order valence-corrected chi connectivity index (χ3v) is 2.54. The normalized spacial score (nSPS) is 11.3. The number of benzene rings is 1. The third-order valence-electron chi connectivity index (χ3n) is 1.96.